The SMILES string of the molecule is CC1=CCC(c2ccccc2)=Cc2ccnn21. The quantitative estimate of drug-likeness (QED) is 0.719. The van der Waals surface area contributed by atoms with E-state index < -0.39 is 0 Å². The van der Waals surface area contributed by atoms with Crippen LogP contribution in [0.2, 0.25) is 0 Å². The standard InChI is InChI=1S/C15H14N2/c1-12-7-8-14(13-5-3-2-4-6-13)11-15-9-10-16-17(12)15/h2-7,9-11H,8H2,1H3. The Kier molecular flexibility index (Phi) is 2.41. The molecule has 0 aliphatic carbocycles. The molecule has 1 aliphatic heterocycles. The number of nitrogens with zero attached hydrogens (tertiary/aromatic N) is 2. The van der Waals surface area contributed by atoms with E-state index in [4.69, 9.17) is 0 Å². The van der Waals surface area contributed by atoms with Crippen LogP contribution in [0.5, 0.6) is 0 Å². The van der Waals surface area contributed by atoms with Crippen molar-refractivity contribution in [3.05, 3.63) is 59.9 Å². The van der Waals surface area contributed by atoms with Crippen LogP contribution in [0.3, 0.4) is 0 Å². The van der Waals surface area contributed by atoms with E-state index in [1.165, 1.54) is 16.8 Å². The maximum atomic E-state index is 4.33. The van der Waals surface area contributed by atoms with Crippen LogP contribution in [0.15, 0.2) is 48.7 Å². The van der Waals surface area contributed by atoms with Crippen molar-refractivity contribution in [1.29, 1.82) is 0 Å². The van der Waals surface area contributed by atoms with Gasteiger partial charge in [0.2, 0.25) is 0 Å². The van der Waals surface area contributed by atoms with Gasteiger partial charge in [0.25, 0.3) is 0 Å². The largest absolute Gasteiger partial charge is 0.238 e. The van der Waals surface area contributed by atoms with Crippen LogP contribution in [0, 0.1) is 0 Å². The summed E-state index contributed by atoms with van der Waals surface area (Å²) < 4.78 is 1.98. The van der Waals surface area contributed by atoms with Crippen molar-refractivity contribution in [2.45, 2.75) is 13.3 Å². The molecule has 1 aliphatic rings. The molecule has 84 valence electrons. The molecule has 0 spiro atoms. The van der Waals surface area contributed by atoms with E-state index in [0.717, 1.165) is 12.1 Å². The smallest absolute Gasteiger partial charge is 0.0667 e. The van der Waals surface area contributed by atoms with Crippen molar-refractivity contribution >= 4 is 17.3 Å². The van der Waals surface area contributed by atoms with Crippen molar-refractivity contribution < 1.29 is 0 Å². The molecule has 0 saturated heterocycles. The third-order valence-electron chi connectivity index (χ3n) is 3.09. The lowest BCUT2D eigenvalue weighted by Gasteiger charge is -2.03. The number of aromatic nitrogens is 2. The summed E-state index contributed by atoms with van der Waals surface area (Å²) in [5.74, 6) is 0. The molecule has 2 nitrogen and oxygen atoms in total. The second-order valence-electron chi connectivity index (χ2n) is 4.25. The van der Waals surface area contributed by atoms with E-state index in [-0.39, 0.29) is 0 Å². The van der Waals surface area contributed by atoms with Crippen LogP contribution in [0.1, 0.15) is 24.6 Å². The first-order valence-electron chi connectivity index (χ1n) is 5.82. The summed E-state index contributed by atoms with van der Waals surface area (Å²) >= 11 is 0. The minimum atomic E-state index is 0.958. The molecule has 3 rings (SSSR count). The summed E-state index contributed by atoms with van der Waals surface area (Å²) in [6.45, 7) is 2.10. The number of hydrogen-bond acceptors (Lipinski definition) is 1. The predicted molar refractivity (Wildman–Crippen MR) is 71.1 cm³/mol. The number of benzene rings is 1. The van der Waals surface area contributed by atoms with E-state index in [2.05, 4.69) is 48.4 Å². The van der Waals surface area contributed by atoms with E-state index in [1.807, 2.05) is 23.0 Å². The van der Waals surface area contributed by atoms with Gasteiger partial charge in [0.05, 0.1) is 5.69 Å². The highest BCUT2D eigenvalue weighted by atomic mass is 15.3. The molecule has 0 atom stereocenters. The first-order chi connectivity index (χ1) is 8.34. The molecule has 0 saturated carbocycles. The van der Waals surface area contributed by atoms with Gasteiger partial charge in [-0.1, -0.05) is 36.4 Å². The highest BCUT2D eigenvalue weighted by Gasteiger charge is 2.09. The Morgan fingerprint density at radius 3 is 2.76 bits per heavy atom. The molecule has 0 bridgehead atoms. The third kappa shape index (κ3) is 1.82. The Labute approximate surface area is 101 Å². The van der Waals surface area contributed by atoms with Gasteiger partial charge in [-0.25, -0.2) is 4.68 Å². The number of hydrogen-bond donors (Lipinski definition) is 0. The molecule has 1 aromatic carbocycles. The molecule has 0 N–H and O–H groups in total. The summed E-state index contributed by atoms with van der Waals surface area (Å²) in [7, 11) is 0. The first kappa shape index (κ1) is 10.1. The van der Waals surface area contributed by atoms with Gasteiger partial charge >= 0.3 is 0 Å². The van der Waals surface area contributed by atoms with Crippen molar-refractivity contribution in [2.75, 3.05) is 0 Å². The zero-order valence-corrected chi connectivity index (χ0v) is 9.80. The van der Waals surface area contributed by atoms with Gasteiger partial charge in [-0.3, -0.25) is 0 Å². The Morgan fingerprint density at radius 2 is 1.94 bits per heavy atom. The van der Waals surface area contributed by atoms with Gasteiger partial charge in [0.1, 0.15) is 0 Å². The lowest BCUT2D eigenvalue weighted by molar-refractivity contribution is 0.886. The van der Waals surface area contributed by atoms with Gasteiger partial charge < -0.3 is 0 Å². The van der Waals surface area contributed by atoms with Crippen LogP contribution in [0.25, 0.3) is 17.3 Å². The highest BCUT2D eigenvalue weighted by molar-refractivity contribution is 5.83. The van der Waals surface area contributed by atoms with Gasteiger partial charge in [0, 0.05) is 11.9 Å². The maximum absolute atomic E-state index is 4.33. The molecule has 0 radical (unpaired) electrons. The highest BCUT2D eigenvalue weighted by Crippen LogP contribution is 2.26. The number of rotatable bonds is 1. The van der Waals surface area contributed by atoms with Gasteiger partial charge in [-0.05, 0) is 36.6 Å². The minimum absolute atomic E-state index is 0.958. The number of fused-ring (bicyclic) bond motifs is 1. The summed E-state index contributed by atoms with van der Waals surface area (Å²) in [6.07, 6.45) is 7.24. The van der Waals surface area contributed by atoms with E-state index in [1.54, 1.807) is 0 Å². The molecule has 0 unspecified atom stereocenters. The van der Waals surface area contributed by atoms with Crippen molar-refractivity contribution in [2.24, 2.45) is 0 Å². The van der Waals surface area contributed by atoms with Crippen molar-refractivity contribution in [1.82, 2.24) is 9.78 Å². The fourth-order valence-corrected chi connectivity index (χ4v) is 2.15. The lowest BCUT2D eigenvalue weighted by Crippen LogP contribution is -1.96. The number of allylic oxidation sites excluding steroid dienone is 3. The lowest BCUT2D eigenvalue weighted by atomic mass is 10.0. The minimum Gasteiger partial charge on any atom is -0.238 e. The third-order valence-corrected chi connectivity index (χ3v) is 3.09. The molecule has 17 heavy (non-hydrogen) atoms. The molecular formula is C15H14N2. The molecule has 0 amide bonds. The Morgan fingerprint density at radius 1 is 1.12 bits per heavy atom. The summed E-state index contributed by atoms with van der Waals surface area (Å²) in [5.41, 5.74) is 4.96. The van der Waals surface area contributed by atoms with Crippen LogP contribution >= 0.6 is 0 Å². The van der Waals surface area contributed by atoms with Crippen molar-refractivity contribution in [3.8, 4) is 0 Å². The van der Waals surface area contributed by atoms with Crippen LogP contribution in [-0.2, 0) is 0 Å². The topological polar surface area (TPSA) is 17.8 Å². The normalized spacial score (nSPS) is 14.6. The van der Waals surface area contributed by atoms with Crippen molar-refractivity contribution in [3.63, 3.8) is 0 Å². The summed E-state index contributed by atoms with van der Waals surface area (Å²) in [5, 5.41) is 4.33. The predicted octanol–water partition coefficient (Wildman–Crippen LogP) is 3.69. The van der Waals surface area contributed by atoms with E-state index in [0.29, 0.717) is 0 Å². The second-order valence-corrected chi connectivity index (χ2v) is 4.25. The van der Waals surface area contributed by atoms with Gasteiger partial charge in [0.15, 0.2) is 0 Å². The fraction of sp³-hybridized carbons (Fsp3) is 0.133. The van der Waals surface area contributed by atoms with Crippen LogP contribution in [0.4, 0.5) is 0 Å². The Bertz CT molecular complexity index is 588. The summed E-state index contributed by atoms with van der Waals surface area (Å²) in [4.78, 5) is 0. The zero-order chi connectivity index (χ0) is 11.7. The molecule has 2 heteroatoms. The Hall–Kier alpha value is -2.09. The first-order valence-corrected chi connectivity index (χ1v) is 5.82. The average molecular weight is 222 g/mol. The average Bonchev–Trinajstić information content (AvgIpc) is 2.77. The van der Waals surface area contributed by atoms with Gasteiger partial charge in [-0.15, -0.1) is 0 Å². The molecule has 0 fully saturated rings. The van der Waals surface area contributed by atoms with E-state index in [9.17, 15) is 0 Å². The molecule has 2 aromatic rings. The monoisotopic (exact) mass is 222 g/mol. The Balaban J connectivity index is 2.11. The van der Waals surface area contributed by atoms with Crippen LogP contribution in [-0.4, -0.2) is 9.78 Å². The van der Waals surface area contributed by atoms with Gasteiger partial charge in [-0.2, -0.15) is 5.10 Å². The second kappa shape index (κ2) is 4.06. The maximum Gasteiger partial charge on any atom is 0.0667 e. The molecule has 2 heterocycles. The zero-order valence-electron chi connectivity index (χ0n) is 9.80. The van der Waals surface area contributed by atoms with Crippen LogP contribution < -0.4 is 0 Å². The van der Waals surface area contributed by atoms with E-state index >= 15 is 0 Å². The molecular weight excluding hydrogens is 208 g/mol. The summed E-state index contributed by atoms with van der Waals surface area (Å²) in [6, 6.07) is 12.6. The fourth-order valence-electron chi connectivity index (χ4n) is 2.15. The molecule has 1 aromatic heterocycles.